The lowest BCUT2D eigenvalue weighted by molar-refractivity contribution is 0.591. The molecular formula is C13H19N3. The highest BCUT2D eigenvalue weighted by molar-refractivity contribution is 5.77. The molecule has 0 atom stereocenters. The summed E-state index contributed by atoms with van der Waals surface area (Å²) in [6, 6.07) is 6.46. The fourth-order valence-corrected chi connectivity index (χ4v) is 1.90. The zero-order chi connectivity index (χ0) is 11.9. The van der Waals surface area contributed by atoms with Crippen molar-refractivity contribution in [1.29, 1.82) is 0 Å². The Kier molecular flexibility index (Phi) is 2.50. The molecular weight excluding hydrogens is 198 g/mol. The molecule has 2 rings (SSSR count). The first-order valence-corrected chi connectivity index (χ1v) is 5.59. The summed E-state index contributed by atoms with van der Waals surface area (Å²) in [5, 5.41) is 0. The van der Waals surface area contributed by atoms with Crippen LogP contribution in [0, 0.1) is 0 Å². The molecule has 3 nitrogen and oxygen atoms in total. The minimum atomic E-state index is 0.161. The van der Waals surface area contributed by atoms with Crippen LogP contribution < -0.4 is 5.73 Å². The maximum atomic E-state index is 5.66. The van der Waals surface area contributed by atoms with Crippen molar-refractivity contribution in [3.05, 3.63) is 29.6 Å². The van der Waals surface area contributed by atoms with Crippen LogP contribution in [0.1, 0.15) is 32.2 Å². The summed E-state index contributed by atoms with van der Waals surface area (Å²) in [5.74, 6) is 0.932. The Balaban J connectivity index is 2.64. The van der Waals surface area contributed by atoms with Crippen molar-refractivity contribution in [3.63, 3.8) is 0 Å². The summed E-state index contributed by atoms with van der Waals surface area (Å²) in [6.07, 6.45) is 0. The number of nitrogens with two attached hydrogens (primary N) is 1. The largest absolute Gasteiger partial charge is 0.330 e. The van der Waals surface area contributed by atoms with Gasteiger partial charge < -0.3 is 10.3 Å². The Morgan fingerprint density at radius 1 is 1.31 bits per heavy atom. The van der Waals surface area contributed by atoms with E-state index in [0.717, 1.165) is 16.9 Å². The van der Waals surface area contributed by atoms with Crippen molar-refractivity contribution in [2.75, 3.05) is 0 Å². The second-order valence-electron chi connectivity index (χ2n) is 5.24. The SMILES string of the molecule is Cn1c(CN)nc2cc(C(C)(C)C)ccc21. The van der Waals surface area contributed by atoms with E-state index < -0.39 is 0 Å². The maximum Gasteiger partial charge on any atom is 0.123 e. The van der Waals surface area contributed by atoms with Gasteiger partial charge in [0, 0.05) is 7.05 Å². The number of aryl methyl sites for hydroxylation is 1. The van der Waals surface area contributed by atoms with Gasteiger partial charge in [0.2, 0.25) is 0 Å². The zero-order valence-corrected chi connectivity index (χ0v) is 10.4. The smallest absolute Gasteiger partial charge is 0.123 e. The fourth-order valence-electron chi connectivity index (χ4n) is 1.90. The molecule has 0 unspecified atom stereocenters. The van der Waals surface area contributed by atoms with Crippen LogP contribution in [0.5, 0.6) is 0 Å². The number of nitrogens with zero attached hydrogens (tertiary/aromatic N) is 2. The van der Waals surface area contributed by atoms with E-state index in [9.17, 15) is 0 Å². The molecule has 16 heavy (non-hydrogen) atoms. The summed E-state index contributed by atoms with van der Waals surface area (Å²) in [5.41, 5.74) is 9.31. The molecule has 0 radical (unpaired) electrons. The van der Waals surface area contributed by atoms with Crippen molar-refractivity contribution in [3.8, 4) is 0 Å². The summed E-state index contributed by atoms with van der Waals surface area (Å²) >= 11 is 0. The van der Waals surface area contributed by atoms with Gasteiger partial charge in [-0.2, -0.15) is 0 Å². The van der Waals surface area contributed by atoms with E-state index >= 15 is 0 Å². The van der Waals surface area contributed by atoms with Crippen LogP contribution in [0.15, 0.2) is 18.2 Å². The fraction of sp³-hybridized carbons (Fsp3) is 0.462. The molecule has 86 valence electrons. The predicted molar refractivity (Wildman–Crippen MR) is 67.3 cm³/mol. The van der Waals surface area contributed by atoms with Crippen LogP contribution in [0.25, 0.3) is 11.0 Å². The monoisotopic (exact) mass is 217 g/mol. The number of imidazole rings is 1. The molecule has 0 bridgehead atoms. The molecule has 0 aliphatic rings. The molecule has 0 spiro atoms. The normalized spacial score (nSPS) is 12.3. The Hall–Kier alpha value is -1.35. The van der Waals surface area contributed by atoms with Gasteiger partial charge in [-0.25, -0.2) is 4.98 Å². The molecule has 0 saturated carbocycles. The molecule has 2 aromatic rings. The van der Waals surface area contributed by atoms with Gasteiger partial charge in [-0.1, -0.05) is 26.8 Å². The molecule has 0 aliphatic heterocycles. The molecule has 3 heteroatoms. The number of hydrogen-bond acceptors (Lipinski definition) is 2. The van der Waals surface area contributed by atoms with Crippen molar-refractivity contribution < 1.29 is 0 Å². The third-order valence-corrected chi connectivity index (χ3v) is 3.02. The highest BCUT2D eigenvalue weighted by Gasteiger charge is 2.15. The molecule has 2 N–H and O–H groups in total. The molecule has 0 aliphatic carbocycles. The van der Waals surface area contributed by atoms with Gasteiger partial charge in [-0.3, -0.25) is 0 Å². The van der Waals surface area contributed by atoms with Crippen molar-refractivity contribution in [2.24, 2.45) is 12.8 Å². The van der Waals surface area contributed by atoms with Crippen LogP contribution in [-0.4, -0.2) is 9.55 Å². The Bertz CT molecular complexity index is 518. The molecule has 1 heterocycles. The van der Waals surface area contributed by atoms with Gasteiger partial charge in [0.05, 0.1) is 17.6 Å². The highest BCUT2D eigenvalue weighted by atomic mass is 15.1. The first-order valence-electron chi connectivity index (χ1n) is 5.59. The number of aromatic nitrogens is 2. The van der Waals surface area contributed by atoms with Gasteiger partial charge in [-0.05, 0) is 23.1 Å². The molecule has 1 aromatic heterocycles. The van der Waals surface area contributed by atoms with E-state index in [1.54, 1.807) is 0 Å². The van der Waals surface area contributed by atoms with Gasteiger partial charge in [-0.15, -0.1) is 0 Å². The lowest BCUT2D eigenvalue weighted by Crippen LogP contribution is -2.10. The van der Waals surface area contributed by atoms with E-state index in [0.29, 0.717) is 6.54 Å². The van der Waals surface area contributed by atoms with Crippen LogP contribution >= 0.6 is 0 Å². The Labute approximate surface area is 96.3 Å². The summed E-state index contributed by atoms with van der Waals surface area (Å²) < 4.78 is 2.06. The quantitative estimate of drug-likeness (QED) is 0.796. The Morgan fingerprint density at radius 3 is 2.56 bits per heavy atom. The Morgan fingerprint density at radius 2 is 2.00 bits per heavy atom. The van der Waals surface area contributed by atoms with Crippen LogP contribution in [0.3, 0.4) is 0 Å². The molecule has 0 amide bonds. The minimum Gasteiger partial charge on any atom is -0.330 e. The maximum absolute atomic E-state index is 5.66. The van der Waals surface area contributed by atoms with Gasteiger partial charge in [0.25, 0.3) is 0 Å². The van der Waals surface area contributed by atoms with E-state index in [-0.39, 0.29) is 5.41 Å². The van der Waals surface area contributed by atoms with Gasteiger partial charge in [0.1, 0.15) is 5.82 Å². The zero-order valence-electron chi connectivity index (χ0n) is 10.4. The van der Waals surface area contributed by atoms with Gasteiger partial charge in [0.15, 0.2) is 0 Å². The summed E-state index contributed by atoms with van der Waals surface area (Å²) in [4.78, 5) is 4.54. The topological polar surface area (TPSA) is 43.8 Å². The van der Waals surface area contributed by atoms with Crippen molar-refractivity contribution in [1.82, 2.24) is 9.55 Å². The number of hydrogen-bond donors (Lipinski definition) is 1. The summed E-state index contributed by atoms with van der Waals surface area (Å²) in [6.45, 7) is 7.11. The van der Waals surface area contributed by atoms with Crippen LogP contribution in [0.4, 0.5) is 0 Å². The third-order valence-electron chi connectivity index (χ3n) is 3.02. The first-order chi connectivity index (χ1) is 7.43. The number of rotatable bonds is 1. The molecule has 0 fully saturated rings. The van der Waals surface area contributed by atoms with E-state index in [4.69, 9.17) is 5.73 Å². The van der Waals surface area contributed by atoms with Crippen LogP contribution in [0.2, 0.25) is 0 Å². The number of benzene rings is 1. The van der Waals surface area contributed by atoms with Gasteiger partial charge >= 0.3 is 0 Å². The predicted octanol–water partition coefficient (Wildman–Crippen LogP) is 2.33. The van der Waals surface area contributed by atoms with E-state index in [1.165, 1.54) is 5.56 Å². The van der Waals surface area contributed by atoms with Crippen molar-refractivity contribution in [2.45, 2.75) is 32.7 Å². The average Bonchev–Trinajstić information content (AvgIpc) is 2.54. The average molecular weight is 217 g/mol. The van der Waals surface area contributed by atoms with Crippen molar-refractivity contribution >= 4 is 11.0 Å². The standard InChI is InChI=1S/C13H19N3/c1-13(2,3)9-5-6-11-10(7-9)15-12(8-14)16(11)4/h5-7H,8,14H2,1-4H3. The lowest BCUT2D eigenvalue weighted by Gasteiger charge is -2.18. The van der Waals surface area contributed by atoms with Crippen LogP contribution in [-0.2, 0) is 19.0 Å². The molecule has 0 saturated heterocycles. The second-order valence-corrected chi connectivity index (χ2v) is 5.24. The highest BCUT2D eigenvalue weighted by Crippen LogP contribution is 2.25. The third kappa shape index (κ3) is 1.71. The lowest BCUT2D eigenvalue weighted by atomic mass is 9.87. The molecule has 1 aromatic carbocycles. The van der Waals surface area contributed by atoms with E-state index in [1.807, 2.05) is 7.05 Å². The number of fused-ring (bicyclic) bond motifs is 1. The summed E-state index contributed by atoms with van der Waals surface area (Å²) in [7, 11) is 2.01. The second kappa shape index (κ2) is 3.59. The first kappa shape index (κ1) is 11.1. The minimum absolute atomic E-state index is 0.161. The van der Waals surface area contributed by atoms with E-state index in [2.05, 4.69) is 48.5 Å².